The van der Waals surface area contributed by atoms with Gasteiger partial charge in [-0.2, -0.15) is 0 Å². The van der Waals surface area contributed by atoms with Gasteiger partial charge in [0.25, 0.3) is 0 Å². The summed E-state index contributed by atoms with van der Waals surface area (Å²) >= 11 is 0. The van der Waals surface area contributed by atoms with Crippen LogP contribution in [0, 0.1) is 0 Å². The Morgan fingerprint density at radius 2 is 1.86 bits per heavy atom. The monoisotopic (exact) mass is 312 g/mol. The molecule has 0 aromatic heterocycles. The maximum absolute atomic E-state index is 12.2. The number of aliphatic imine (C=N–C) groups is 1. The summed E-state index contributed by atoms with van der Waals surface area (Å²) in [6, 6.07) is 0. The molecule has 6 heteroatoms. The number of carbonyl (C=O) groups excluding carboxylic acids is 2. The highest BCUT2D eigenvalue weighted by Gasteiger charge is 2.15. The second-order valence-electron chi connectivity index (χ2n) is 3.67. The first kappa shape index (κ1) is 22.3. The third-order valence-electron chi connectivity index (χ3n) is 2.12. The zero-order chi connectivity index (χ0) is 17.4. The Kier molecular flexibility index (Phi) is 15.7. The third-order valence-corrected chi connectivity index (χ3v) is 2.12. The van der Waals surface area contributed by atoms with E-state index in [0.29, 0.717) is 12.0 Å². The Balaban J connectivity index is 0. The number of Topliss-reactive ketones (excluding diaryl/α,β-unsaturated/α-hetero) is 1. The number of amidine groups is 1. The number of esters is 1. The van der Waals surface area contributed by atoms with Crippen LogP contribution in [0.25, 0.3) is 0 Å². The largest absolute Gasteiger partial charge is 0.465 e. The number of ketones is 1. The van der Waals surface area contributed by atoms with Gasteiger partial charge in [-0.3, -0.25) is 19.4 Å². The summed E-state index contributed by atoms with van der Waals surface area (Å²) in [7, 11) is 1.37. The zero-order valence-corrected chi connectivity index (χ0v) is 14.4. The normalized spacial score (nSPS) is 11.7. The summed E-state index contributed by atoms with van der Waals surface area (Å²) in [4.78, 5) is 32.1. The predicted octanol–water partition coefficient (Wildman–Crippen LogP) is 2.61. The Morgan fingerprint density at radius 1 is 1.23 bits per heavy atom. The average Bonchev–Trinajstić information content (AvgIpc) is 2.53. The van der Waals surface area contributed by atoms with Crippen LogP contribution in [0.5, 0.6) is 0 Å². The van der Waals surface area contributed by atoms with Gasteiger partial charge in [-0.1, -0.05) is 39.0 Å². The first-order valence-electron chi connectivity index (χ1n) is 7.47. The maximum atomic E-state index is 12.2. The molecule has 0 heterocycles. The molecule has 0 rings (SSSR count). The van der Waals surface area contributed by atoms with E-state index in [9.17, 15) is 9.59 Å². The summed E-state index contributed by atoms with van der Waals surface area (Å²) in [6.07, 6.45) is 5.93. The first-order valence-corrected chi connectivity index (χ1v) is 7.47. The van der Waals surface area contributed by atoms with Crippen molar-refractivity contribution >= 4 is 17.6 Å². The van der Waals surface area contributed by atoms with Crippen LogP contribution in [0.15, 0.2) is 28.8 Å². The quantitative estimate of drug-likeness (QED) is 0.186. The van der Waals surface area contributed by atoms with Crippen molar-refractivity contribution in [2.24, 2.45) is 4.99 Å². The summed E-state index contributed by atoms with van der Waals surface area (Å²) in [5.74, 6) is -0.864. The molecule has 0 amide bonds. The molecule has 0 atom stereocenters. The van der Waals surface area contributed by atoms with Gasteiger partial charge < -0.3 is 4.74 Å². The van der Waals surface area contributed by atoms with Gasteiger partial charge in [0.05, 0.1) is 13.7 Å². The van der Waals surface area contributed by atoms with Crippen LogP contribution in [0.3, 0.4) is 0 Å². The van der Waals surface area contributed by atoms with Crippen LogP contribution in [0.1, 0.15) is 41.0 Å². The Bertz CT molecular complexity index is 412. The summed E-state index contributed by atoms with van der Waals surface area (Å²) in [5.41, 5.74) is 2.88. The summed E-state index contributed by atoms with van der Waals surface area (Å²) in [6.45, 7) is 9.48. The number of carbonyl (C=O) groups is 2. The van der Waals surface area contributed by atoms with Crippen LogP contribution in [-0.4, -0.2) is 37.8 Å². The van der Waals surface area contributed by atoms with Gasteiger partial charge in [0.2, 0.25) is 5.78 Å². The fourth-order valence-electron chi connectivity index (χ4n) is 1.37. The van der Waals surface area contributed by atoms with Crippen molar-refractivity contribution in [3.8, 4) is 0 Å². The molecule has 126 valence electrons. The van der Waals surface area contributed by atoms with Crippen molar-refractivity contribution in [3.05, 3.63) is 23.8 Å². The second kappa shape index (κ2) is 15.4. The topological polar surface area (TPSA) is 77.0 Å². The minimum atomic E-state index is -0.497. The van der Waals surface area contributed by atoms with Crippen molar-refractivity contribution in [2.75, 3.05) is 20.3 Å². The summed E-state index contributed by atoms with van der Waals surface area (Å²) in [5, 5.41) is 0. The number of hydrogen-bond acceptors (Lipinski definition) is 5. The molecule has 0 saturated heterocycles. The number of nitrogens with one attached hydrogen (secondary N) is 1. The molecule has 22 heavy (non-hydrogen) atoms. The van der Waals surface area contributed by atoms with E-state index in [2.05, 4.69) is 10.5 Å². The number of ether oxygens (including phenoxy) is 1. The van der Waals surface area contributed by atoms with Crippen molar-refractivity contribution in [3.63, 3.8) is 0 Å². The first-order chi connectivity index (χ1) is 10.6. The van der Waals surface area contributed by atoms with Gasteiger partial charge >= 0.3 is 5.97 Å². The highest BCUT2D eigenvalue weighted by molar-refractivity contribution is 6.45. The van der Waals surface area contributed by atoms with Crippen LogP contribution < -0.4 is 5.48 Å². The van der Waals surface area contributed by atoms with Crippen molar-refractivity contribution in [1.29, 1.82) is 0 Å². The molecule has 0 aromatic carbocycles. The van der Waals surface area contributed by atoms with Crippen LogP contribution >= 0.6 is 0 Å². The van der Waals surface area contributed by atoms with Gasteiger partial charge in [0.15, 0.2) is 5.84 Å². The lowest BCUT2D eigenvalue weighted by molar-refractivity contribution is -0.141. The number of hydrogen-bond donors (Lipinski definition) is 1. The Hall–Kier alpha value is -1.95. The van der Waals surface area contributed by atoms with Gasteiger partial charge in [0.1, 0.15) is 6.54 Å². The zero-order valence-electron chi connectivity index (χ0n) is 14.4. The van der Waals surface area contributed by atoms with E-state index in [-0.39, 0.29) is 24.8 Å². The van der Waals surface area contributed by atoms with Gasteiger partial charge in [-0.25, -0.2) is 5.48 Å². The van der Waals surface area contributed by atoms with Crippen molar-refractivity contribution < 1.29 is 19.2 Å². The van der Waals surface area contributed by atoms with Crippen molar-refractivity contribution in [2.45, 2.75) is 41.0 Å². The predicted molar refractivity (Wildman–Crippen MR) is 88.6 cm³/mol. The van der Waals surface area contributed by atoms with Gasteiger partial charge in [0, 0.05) is 5.57 Å². The number of nitrogens with zero attached hydrogens (tertiary/aromatic N) is 1. The van der Waals surface area contributed by atoms with Crippen LogP contribution in [0.2, 0.25) is 0 Å². The molecule has 0 aliphatic heterocycles. The van der Waals surface area contributed by atoms with E-state index < -0.39 is 5.97 Å². The fourth-order valence-corrected chi connectivity index (χ4v) is 1.37. The minimum Gasteiger partial charge on any atom is -0.465 e. The molecule has 0 fully saturated rings. The van der Waals surface area contributed by atoms with E-state index in [4.69, 9.17) is 9.57 Å². The molecule has 0 aliphatic rings. The molecule has 0 aliphatic carbocycles. The molecule has 0 bridgehead atoms. The van der Waals surface area contributed by atoms with Gasteiger partial charge in [-0.15, -0.1) is 0 Å². The van der Waals surface area contributed by atoms with E-state index >= 15 is 0 Å². The second-order valence-corrected chi connectivity index (χ2v) is 3.67. The molecule has 6 nitrogen and oxygen atoms in total. The fraction of sp³-hybridized carbons (Fsp3) is 0.562. The molecule has 0 unspecified atom stereocenters. The smallest absolute Gasteiger partial charge is 0.327 e. The van der Waals surface area contributed by atoms with E-state index in [0.717, 1.165) is 0 Å². The number of allylic oxidation sites excluding steroid dienone is 3. The lowest BCUT2D eigenvalue weighted by Crippen LogP contribution is -2.32. The molecular formula is C16H28N2O4. The Labute approximate surface area is 133 Å². The SMILES string of the molecule is C/C=C\C(=C/CC)C(=O)C(=NCC(=O)OCC)NOC.CC. The van der Waals surface area contributed by atoms with Crippen molar-refractivity contribution in [1.82, 2.24) is 5.48 Å². The lowest BCUT2D eigenvalue weighted by atomic mass is 10.1. The molecule has 0 spiro atoms. The Morgan fingerprint density at radius 3 is 2.32 bits per heavy atom. The average molecular weight is 312 g/mol. The standard InChI is InChI=1S/C14H22N2O4.C2H6/c1-5-8-11(9-6-2)13(18)14(16-19-4)15-10-12(17)20-7-3;1-2/h5,8-9H,6-7,10H2,1-4H3,(H,15,16);1-2H3/b8-5-,11-9+;. The van der Waals surface area contributed by atoms with E-state index in [1.807, 2.05) is 27.7 Å². The molecular weight excluding hydrogens is 284 g/mol. The van der Waals surface area contributed by atoms with E-state index in [1.54, 1.807) is 25.2 Å². The number of hydroxylamine groups is 1. The molecule has 1 N–H and O–H groups in total. The van der Waals surface area contributed by atoms with E-state index in [1.165, 1.54) is 7.11 Å². The highest BCUT2D eigenvalue weighted by atomic mass is 16.6. The molecule has 0 aromatic rings. The summed E-state index contributed by atoms with van der Waals surface area (Å²) < 4.78 is 4.75. The van der Waals surface area contributed by atoms with Crippen LogP contribution in [0.4, 0.5) is 0 Å². The van der Waals surface area contributed by atoms with Gasteiger partial charge in [-0.05, 0) is 20.3 Å². The minimum absolute atomic E-state index is 0.0293. The van der Waals surface area contributed by atoms with Crippen LogP contribution in [-0.2, 0) is 19.2 Å². The number of rotatable bonds is 8. The maximum Gasteiger partial charge on any atom is 0.327 e. The molecule has 0 radical (unpaired) electrons. The highest BCUT2D eigenvalue weighted by Crippen LogP contribution is 2.03. The lowest BCUT2D eigenvalue weighted by Gasteiger charge is -2.07. The third kappa shape index (κ3) is 9.88. The molecule has 0 saturated carbocycles.